The zero-order valence-corrected chi connectivity index (χ0v) is 19.8. The number of hydrogen-bond acceptors (Lipinski definition) is 3. The monoisotopic (exact) mass is 475 g/mol. The molecular weight excluding hydrogens is 447 g/mol. The second-order valence-corrected chi connectivity index (χ2v) is 10.2. The predicted octanol–water partition coefficient (Wildman–Crippen LogP) is 6.36. The lowest BCUT2D eigenvalue weighted by Crippen LogP contribution is -2.48. The molecule has 0 saturated carbocycles. The van der Waals surface area contributed by atoms with Crippen molar-refractivity contribution in [1.82, 2.24) is 4.90 Å². The molecule has 2 aromatic rings. The standard InChI is InChI=1S/C25H28F3N3OS/c1-23(2,3)18-9-7-17(8-10-18)21-16-24(32-30-21)11-13-31(14-12-24)22(33)29-20-6-4-5-19(15-20)25(26,27)28/h4-10,15H,11-14,16H2,1-3H3,(H,29,33). The number of halogens is 3. The van der Waals surface area contributed by atoms with Gasteiger partial charge in [0.25, 0.3) is 0 Å². The van der Waals surface area contributed by atoms with Crippen molar-refractivity contribution < 1.29 is 18.0 Å². The van der Waals surface area contributed by atoms with Gasteiger partial charge in [0.05, 0.1) is 11.3 Å². The molecule has 0 radical (unpaired) electrons. The highest BCUT2D eigenvalue weighted by atomic mass is 32.1. The molecule has 33 heavy (non-hydrogen) atoms. The van der Waals surface area contributed by atoms with Crippen LogP contribution in [0.4, 0.5) is 18.9 Å². The van der Waals surface area contributed by atoms with Gasteiger partial charge in [-0.25, -0.2) is 0 Å². The molecule has 4 nitrogen and oxygen atoms in total. The minimum Gasteiger partial charge on any atom is -0.388 e. The average molecular weight is 476 g/mol. The fraction of sp³-hybridized carbons (Fsp3) is 0.440. The molecule has 1 N–H and O–H groups in total. The second-order valence-electron chi connectivity index (χ2n) is 9.81. The van der Waals surface area contributed by atoms with Crippen LogP contribution in [0.25, 0.3) is 0 Å². The molecule has 0 atom stereocenters. The maximum atomic E-state index is 13.0. The molecule has 1 spiro atoms. The number of nitrogens with one attached hydrogen (secondary N) is 1. The molecule has 2 aromatic carbocycles. The van der Waals surface area contributed by atoms with E-state index in [0.717, 1.165) is 42.7 Å². The van der Waals surface area contributed by atoms with Gasteiger partial charge in [-0.2, -0.15) is 13.2 Å². The van der Waals surface area contributed by atoms with E-state index in [9.17, 15) is 13.2 Å². The van der Waals surface area contributed by atoms with Gasteiger partial charge in [0.15, 0.2) is 5.11 Å². The van der Waals surface area contributed by atoms with Gasteiger partial charge in [-0.1, -0.05) is 56.3 Å². The van der Waals surface area contributed by atoms with Crippen molar-refractivity contribution >= 4 is 28.7 Å². The first-order chi connectivity index (χ1) is 15.5. The Hall–Kier alpha value is -2.61. The van der Waals surface area contributed by atoms with Crippen LogP contribution < -0.4 is 5.32 Å². The molecule has 8 heteroatoms. The maximum Gasteiger partial charge on any atom is 0.416 e. The lowest BCUT2D eigenvalue weighted by molar-refractivity contribution is -0.137. The number of anilines is 1. The van der Waals surface area contributed by atoms with Gasteiger partial charge in [0.1, 0.15) is 5.60 Å². The number of rotatable bonds is 2. The number of likely N-dealkylation sites (tertiary alicyclic amines) is 1. The summed E-state index contributed by atoms with van der Waals surface area (Å²) in [5.41, 5.74) is 2.68. The van der Waals surface area contributed by atoms with E-state index in [1.165, 1.54) is 11.6 Å². The van der Waals surface area contributed by atoms with E-state index >= 15 is 0 Å². The third-order valence-electron chi connectivity index (χ3n) is 6.33. The Balaban J connectivity index is 1.33. The summed E-state index contributed by atoms with van der Waals surface area (Å²) in [6, 6.07) is 13.6. The van der Waals surface area contributed by atoms with E-state index in [0.29, 0.717) is 23.9 Å². The van der Waals surface area contributed by atoms with E-state index < -0.39 is 11.7 Å². The molecule has 0 unspecified atom stereocenters. The van der Waals surface area contributed by atoms with Crippen LogP contribution in [0.1, 0.15) is 56.7 Å². The first-order valence-corrected chi connectivity index (χ1v) is 11.5. The minimum absolute atomic E-state index is 0.0983. The van der Waals surface area contributed by atoms with Crippen molar-refractivity contribution in [3.05, 3.63) is 65.2 Å². The van der Waals surface area contributed by atoms with E-state index in [4.69, 9.17) is 17.1 Å². The summed E-state index contributed by atoms with van der Waals surface area (Å²) < 4.78 is 38.9. The zero-order chi connectivity index (χ0) is 23.9. The molecular formula is C25H28F3N3OS. The lowest BCUT2D eigenvalue weighted by atomic mass is 9.84. The first kappa shape index (κ1) is 23.5. The fourth-order valence-corrected chi connectivity index (χ4v) is 4.50. The van der Waals surface area contributed by atoms with Crippen LogP contribution in [0.2, 0.25) is 0 Å². The molecule has 176 valence electrons. The Kier molecular flexibility index (Phi) is 6.16. The Morgan fingerprint density at radius 1 is 1.03 bits per heavy atom. The quantitative estimate of drug-likeness (QED) is 0.513. The number of thiocarbonyl (C=S) groups is 1. The van der Waals surface area contributed by atoms with E-state index in [2.05, 4.69) is 55.5 Å². The second kappa shape index (κ2) is 8.63. The van der Waals surface area contributed by atoms with Gasteiger partial charge in [-0.05, 0) is 47.0 Å². The predicted molar refractivity (Wildman–Crippen MR) is 129 cm³/mol. The Morgan fingerprint density at radius 2 is 1.70 bits per heavy atom. The molecule has 0 amide bonds. The van der Waals surface area contributed by atoms with Gasteiger partial charge in [0, 0.05) is 38.0 Å². The Bertz CT molecular complexity index is 1050. The van der Waals surface area contributed by atoms with Crippen molar-refractivity contribution in [3.63, 3.8) is 0 Å². The number of piperidine rings is 1. The topological polar surface area (TPSA) is 36.9 Å². The summed E-state index contributed by atoms with van der Waals surface area (Å²) in [6.45, 7) is 7.86. The highest BCUT2D eigenvalue weighted by Crippen LogP contribution is 2.37. The number of nitrogens with zero attached hydrogens (tertiary/aromatic N) is 2. The van der Waals surface area contributed by atoms with Crippen LogP contribution in [0.15, 0.2) is 53.7 Å². The van der Waals surface area contributed by atoms with Crippen LogP contribution in [0.3, 0.4) is 0 Å². The smallest absolute Gasteiger partial charge is 0.388 e. The summed E-state index contributed by atoms with van der Waals surface area (Å²) in [6.07, 6.45) is -2.17. The molecule has 1 saturated heterocycles. The number of alkyl halides is 3. The molecule has 4 rings (SSSR count). The molecule has 2 aliphatic heterocycles. The summed E-state index contributed by atoms with van der Waals surface area (Å²) in [7, 11) is 0. The van der Waals surface area contributed by atoms with Crippen LogP contribution in [0, 0.1) is 0 Å². The van der Waals surface area contributed by atoms with Gasteiger partial charge < -0.3 is 15.1 Å². The van der Waals surface area contributed by atoms with Crippen LogP contribution in [0.5, 0.6) is 0 Å². The number of hydrogen-bond donors (Lipinski definition) is 1. The normalized spacial score (nSPS) is 18.1. The first-order valence-electron chi connectivity index (χ1n) is 11.0. The number of oxime groups is 1. The maximum absolute atomic E-state index is 13.0. The third-order valence-corrected chi connectivity index (χ3v) is 6.69. The average Bonchev–Trinajstić information content (AvgIpc) is 3.17. The van der Waals surface area contributed by atoms with Gasteiger partial charge >= 0.3 is 6.18 Å². The van der Waals surface area contributed by atoms with Crippen LogP contribution >= 0.6 is 12.2 Å². The van der Waals surface area contributed by atoms with Crippen molar-refractivity contribution in [2.45, 2.75) is 57.2 Å². The number of benzene rings is 2. The van der Waals surface area contributed by atoms with E-state index in [1.807, 2.05) is 4.90 Å². The van der Waals surface area contributed by atoms with Crippen molar-refractivity contribution in [2.75, 3.05) is 18.4 Å². The van der Waals surface area contributed by atoms with Crippen molar-refractivity contribution in [2.24, 2.45) is 5.16 Å². The third kappa shape index (κ3) is 5.32. The summed E-state index contributed by atoms with van der Waals surface area (Å²) >= 11 is 5.46. The van der Waals surface area contributed by atoms with Gasteiger partial charge in [0.2, 0.25) is 0 Å². The van der Waals surface area contributed by atoms with Gasteiger partial charge in [-0.3, -0.25) is 0 Å². The Labute approximate surface area is 197 Å². The van der Waals surface area contributed by atoms with Crippen LogP contribution in [-0.4, -0.2) is 34.4 Å². The highest BCUT2D eigenvalue weighted by molar-refractivity contribution is 7.80. The summed E-state index contributed by atoms with van der Waals surface area (Å²) in [5, 5.41) is 7.75. The SMILES string of the molecule is CC(C)(C)c1ccc(C2=NOC3(CCN(C(=S)Nc4cccc(C(F)(F)F)c4)CC3)C2)cc1. The minimum atomic E-state index is -4.39. The lowest BCUT2D eigenvalue weighted by Gasteiger charge is -2.38. The Morgan fingerprint density at radius 3 is 2.30 bits per heavy atom. The van der Waals surface area contributed by atoms with Crippen molar-refractivity contribution in [1.29, 1.82) is 0 Å². The fourth-order valence-electron chi connectivity index (χ4n) is 4.20. The van der Waals surface area contributed by atoms with Crippen LogP contribution in [-0.2, 0) is 16.4 Å². The molecule has 0 aromatic heterocycles. The largest absolute Gasteiger partial charge is 0.416 e. The molecule has 2 aliphatic rings. The van der Waals surface area contributed by atoms with Crippen molar-refractivity contribution in [3.8, 4) is 0 Å². The van der Waals surface area contributed by atoms with E-state index in [1.54, 1.807) is 6.07 Å². The summed E-state index contributed by atoms with van der Waals surface area (Å²) in [5.74, 6) is 0. The van der Waals surface area contributed by atoms with Gasteiger partial charge in [-0.15, -0.1) is 0 Å². The molecule has 1 fully saturated rings. The highest BCUT2D eigenvalue weighted by Gasteiger charge is 2.42. The zero-order valence-electron chi connectivity index (χ0n) is 19.0. The molecule has 0 aliphatic carbocycles. The molecule has 0 bridgehead atoms. The molecule has 2 heterocycles. The summed E-state index contributed by atoms with van der Waals surface area (Å²) in [4.78, 5) is 7.89. The van der Waals surface area contributed by atoms with E-state index in [-0.39, 0.29) is 11.0 Å².